The van der Waals surface area contributed by atoms with Crippen LogP contribution in [0.15, 0.2) is 30.3 Å². The lowest BCUT2D eigenvalue weighted by molar-refractivity contribution is 0.178. The number of nitrogen functional groups attached to an aromatic ring is 1. The Morgan fingerprint density at radius 1 is 1.30 bits per heavy atom. The number of rotatable bonds is 5. The first-order valence-corrected chi connectivity index (χ1v) is 5.86. The molecule has 0 unspecified atom stereocenters. The van der Waals surface area contributed by atoms with Gasteiger partial charge in [0.1, 0.15) is 18.2 Å². The van der Waals surface area contributed by atoms with E-state index in [9.17, 15) is 0 Å². The molecule has 1 heterocycles. The van der Waals surface area contributed by atoms with E-state index in [-0.39, 0.29) is 6.61 Å². The molecule has 0 atom stereocenters. The number of nitrogens with one attached hydrogen (secondary N) is 2. The monoisotopic (exact) mass is 270 g/mol. The molecule has 0 fully saturated rings. The van der Waals surface area contributed by atoms with Crippen LogP contribution in [-0.2, 0) is 11.3 Å². The second-order valence-corrected chi connectivity index (χ2v) is 3.95. The van der Waals surface area contributed by atoms with E-state index in [0.717, 1.165) is 5.69 Å². The molecule has 2 aromatic rings. The summed E-state index contributed by atoms with van der Waals surface area (Å²) in [6.07, 6.45) is 0. The highest BCUT2D eigenvalue weighted by molar-refractivity contribution is 5.60. The lowest BCUT2D eigenvalue weighted by Crippen LogP contribution is -2.11. The minimum atomic E-state index is 0.280. The first kappa shape index (κ1) is 13.7. The SMILES string of the molecule is COCc1nc(NN)cc(Nc2cccc(C#N)c2)n1. The molecule has 0 aliphatic carbocycles. The van der Waals surface area contributed by atoms with Crippen LogP contribution in [-0.4, -0.2) is 17.1 Å². The Hall–Kier alpha value is -2.69. The highest BCUT2D eigenvalue weighted by Gasteiger charge is 2.05. The fourth-order valence-electron chi connectivity index (χ4n) is 1.64. The predicted octanol–water partition coefficient (Wildman–Crippen LogP) is 1.52. The Kier molecular flexibility index (Phi) is 4.44. The average Bonchev–Trinajstić information content (AvgIpc) is 2.47. The van der Waals surface area contributed by atoms with Crippen LogP contribution in [0.2, 0.25) is 0 Å². The zero-order valence-electron chi connectivity index (χ0n) is 10.9. The Morgan fingerprint density at radius 2 is 2.10 bits per heavy atom. The van der Waals surface area contributed by atoms with Crippen molar-refractivity contribution in [2.75, 3.05) is 17.9 Å². The lowest BCUT2D eigenvalue weighted by Gasteiger charge is -2.09. The summed E-state index contributed by atoms with van der Waals surface area (Å²) in [5.41, 5.74) is 3.80. The van der Waals surface area contributed by atoms with Gasteiger partial charge in [-0.15, -0.1) is 0 Å². The molecule has 0 aliphatic rings. The summed E-state index contributed by atoms with van der Waals surface area (Å²) in [5, 5.41) is 12.0. The quantitative estimate of drug-likeness (QED) is 0.558. The third kappa shape index (κ3) is 3.41. The van der Waals surface area contributed by atoms with Gasteiger partial charge < -0.3 is 15.5 Å². The number of hydrazine groups is 1. The smallest absolute Gasteiger partial charge is 0.158 e. The summed E-state index contributed by atoms with van der Waals surface area (Å²) in [4.78, 5) is 8.45. The largest absolute Gasteiger partial charge is 0.377 e. The zero-order chi connectivity index (χ0) is 14.4. The summed E-state index contributed by atoms with van der Waals surface area (Å²) in [7, 11) is 1.56. The van der Waals surface area contributed by atoms with Crippen molar-refractivity contribution in [3.05, 3.63) is 41.7 Å². The third-order valence-electron chi connectivity index (χ3n) is 2.46. The van der Waals surface area contributed by atoms with Crippen molar-refractivity contribution in [3.8, 4) is 6.07 Å². The number of benzene rings is 1. The van der Waals surface area contributed by atoms with Crippen LogP contribution in [0.4, 0.5) is 17.3 Å². The standard InChI is InChI=1S/C13H14N6O/c1-20-8-13-17-11(6-12(18-13)19-15)16-10-4-2-3-9(5-10)7-14/h2-6H,8,15H2,1H3,(H2,16,17,18,19). The van der Waals surface area contributed by atoms with E-state index >= 15 is 0 Å². The second kappa shape index (κ2) is 6.47. The van der Waals surface area contributed by atoms with Gasteiger partial charge in [-0.1, -0.05) is 6.07 Å². The average molecular weight is 270 g/mol. The van der Waals surface area contributed by atoms with E-state index in [0.29, 0.717) is 23.0 Å². The Balaban J connectivity index is 2.27. The molecule has 0 saturated carbocycles. The summed E-state index contributed by atoms with van der Waals surface area (Å²) >= 11 is 0. The van der Waals surface area contributed by atoms with Gasteiger partial charge in [-0.3, -0.25) is 0 Å². The van der Waals surface area contributed by atoms with Crippen molar-refractivity contribution in [1.29, 1.82) is 5.26 Å². The molecule has 2 rings (SSSR count). The van der Waals surface area contributed by atoms with Gasteiger partial charge in [-0.25, -0.2) is 15.8 Å². The van der Waals surface area contributed by atoms with Gasteiger partial charge in [0.2, 0.25) is 0 Å². The van der Waals surface area contributed by atoms with E-state index in [1.54, 1.807) is 31.4 Å². The predicted molar refractivity (Wildman–Crippen MR) is 75.0 cm³/mol. The molecule has 1 aromatic carbocycles. The zero-order valence-corrected chi connectivity index (χ0v) is 10.9. The van der Waals surface area contributed by atoms with Crippen molar-refractivity contribution >= 4 is 17.3 Å². The number of methoxy groups -OCH3 is 1. The van der Waals surface area contributed by atoms with Crippen LogP contribution in [0.5, 0.6) is 0 Å². The van der Waals surface area contributed by atoms with Crippen molar-refractivity contribution in [1.82, 2.24) is 9.97 Å². The van der Waals surface area contributed by atoms with E-state index in [1.807, 2.05) is 6.07 Å². The van der Waals surface area contributed by atoms with Crippen molar-refractivity contribution in [2.24, 2.45) is 5.84 Å². The molecule has 102 valence electrons. The first-order valence-electron chi connectivity index (χ1n) is 5.86. The van der Waals surface area contributed by atoms with Crippen molar-refractivity contribution in [2.45, 2.75) is 6.61 Å². The van der Waals surface area contributed by atoms with Crippen LogP contribution in [0.25, 0.3) is 0 Å². The van der Waals surface area contributed by atoms with Gasteiger partial charge in [0, 0.05) is 18.9 Å². The fourth-order valence-corrected chi connectivity index (χ4v) is 1.64. The number of ether oxygens (including phenoxy) is 1. The molecule has 0 amide bonds. The number of hydrogen-bond acceptors (Lipinski definition) is 7. The van der Waals surface area contributed by atoms with Crippen LogP contribution in [0.3, 0.4) is 0 Å². The minimum Gasteiger partial charge on any atom is -0.377 e. The molecular weight excluding hydrogens is 256 g/mol. The van der Waals surface area contributed by atoms with Crippen LogP contribution >= 0.6 is 0 Å². The molecule has 0 bridgehead atoms. The van der Waals surface area contributed by atoms with Gasteiger partial charge in [-0.2, -0.15) is 5.26 Å². The summed E-state index contributed by atoms with van der Waals surface area (Å²) in [5.74, 6) is 6.92. The van der Waals surface area contributed by atoms with E-state index in [4.69, 9.17) is 15.8 Å². The Bertz CT molecular complexity index is 637. The summed E-state index contributed by atoms with van der Waals surface area (Å²) in [6.45, 7) is 0.280. The highest BCUT2D eigenvalue weighted by atomic mass is 16.5. The number of nitriles is 1. The lowest BCUT2D eigenvalue weighted by atomic mass is 10.2. The number of anilines is 3. The minimum absolute atomic E-state index is 0.280. The van der Waals surface area contributed by atoms with Crippen molar-refractivity contribution < 1.29 is 4.74 Å². The van der Waals surface area contributed by atoms with Crippen LogP contribution in [0.1, 0.15) is 11.4 Å². The molecule has 0 aliphatic heterocycles. The van der Waals surface area contributed by atoms with Gasteiger partial charge in [0.15, 0.2) is 5.82 Å². The number of hydrogen-bond donors (Lipinski definition) is 3. The molecule has 7 heteroatoms. The first-order chi connectivity index (χ1) is 9.75. The molecular formula is C13H14N6O. The third-order valence-corrected chi connectivity index (χ3v) is 2.46. The molecule has 1 aromatic heterocycles. The van der Waals surface area contributed by atoms with Gasteiger partial charge >= 0.3 is 0 Å². The highest BCUT2D eigenvalue weighted by Crippen LogP contribution is 2.18. The Morgan fingerprint density at radius 3 is 2.80 bits per heavy atom. The van der Waals surface area contributed by atoms with Gasteiger partial charge in [0.05, 0.1) is 11.6 Å². The molecule has 7 nitrogen and oxygen atoms in total. The summed E-state index contributed by atoms with van der Waals surface area (Å²) < 4.78 is 5.00. The molecule has 0 spiro atoms. The van der Waals surface area contributed by atoms with Crippen LogP contribution < -0.4 is 16.6 Å². The molecule has 20 heavy (non-hydrogen) atoms. The topological polar surface area (TPSA) is 109 Å². The van der Waals surface area contributed by atoms with Crippen molar-refractivity contribution in [3.63, 3.8) is 0 Å². The normalized spacial score (nSPS) is 9.85. The molecule has 0 saturated heterocycles. The maximum Gasteiger partial charge on any atom is 0.158 e. The fraction of sp³-hybridized carbons (Fsp3) is 0.154. The summed E-state index contributed by atoms with van der Waals surface area (Å²) in [6, 6.07) is 10.8. The second-order valence-electron chi connectivity index (χ2n) is 3.95. The van der Waals surface area contributed by atoms with E-state index < -0.39 is 0 Å². The van der Waals surface area contributed by atoms with E-state index in [1.165, 1.54) is 0 Å². The molecule has 0 radical (unpaired) electrons. The van der Waals surface area contributed by atoms with Gasteiger partial charge in [0.25, 0.3) is 0 Å². The number of nitrogens with zero attached hydrogens (tertiary/aromatic N) is 3. The molecule has 4 N–H and O–H groups in total. The maximum absolute atomic E-state index is 8.88. The van der Waals surface area contributed by atoms with Gasteiger partial charge in [-0.05, 0) is 18.2 Å². The maximum atomic E-state index is 8.88. The van der Waals surface area contributed by atoms with Crippen LogP contribution in [0, 0.1) is 11.3 Å². The van der Waals surface area contributed by atoms with E-state index in [2.05, 4.69) is 26.8 Å². The number of nitrogens with two attached hydrogens (primary N) is 1. The Labute approximate surface area is 116 Å². The number of aromatic nitrogens is 2.